The van der Waals surface area contributed by atoms with E-state index in [1.54, 1.807) is 6.92 Å². The molecule has 0 aliphatic carbocycles. The number of urea groups is 1. The number of nitrogens with zero attached hydrogens (tertiary/aromatic N) is 1. The first-order valence-corrected chi connectivity index (χ1v) is 5.97. The molecule has 0 saturated carbocycles. The van der Waals surface area contributed by atoms with Gasteiger partial charge in [-0.2, -0.15) is 0 Å². The molecule has 0 radical (unpaired) electrons. The number of carbonyl (C=O) groups excluding carboxylic acids is 1. The second kappa shape index (κ2) is 6.06. The van der Waals surface area contributed by atoms with Gasteiger partial charge in [-0.1, -0.05) is 6.92 Å². The second-order valence-corrected chi connectivity index (χ2v) is 4.76. The van der Waals surface area contributed by atoms with Gasteiger partial charge in [0.1, 0.15) is 0 Å². The largest absolute Gasteiger partial charge is 0.392 e. The lowest BCUT2D eigenvalue weighted by molar-refractivity contribution is 0.153. The summed E-state index contributed by atoms with van der Waals surface area (Å²) in [5.41, 5.74) is 5.63. The molecule has 1 saturated heterocycles. The lowest BCUT2D eigenvalue weighted by Gasteiger charge is -2.30. The molecule has 1 fully saturated rings. The van der Waals surface area contributed by atoms with Crippen LogP contribution in [0.5, 0.6) is 0 Å². The highest BCUT2D eigenvalue weighted by Gasteiger charge is 2.20. The maximum absolute atomic E-state index is 11.7. The summed E-state index contributed by atoms with van der Waals surface area (Å²) in [5.74, 6) is 0.712. The number of hydrogen-bond donors (Lipinski definition) is 3. The quantitative estimate of drug-likeness (QED) is 0.644. The van der Waals surface area contributed by atoms with Crippen molar-refractivity contribution in [2.45, 2.75) is 38.8 Å². The van der Waals surface area contributed by atoms with Crippen molar-refractivity contribution in [1.29, 1.82) is 0 Å². The first-order chi connectivity index (χ1) is 7.50. The summed E-state index contributed by atoms with van der Waals surface area (Å²) in [6, 6.07) is -0.462. The van der Waals surface area contributed by atoms with Crippen molar-refractivity contribution in [2.75, 3.05) is 19.6 Å². The van der Waals surface area contributed by atoms with E-state index in [-0.39, 0.29) is 6.03 Å². The zero-order chi connectivity index (χ0) is 12.1. The zero-order valence-corrected chi connectivity index (χ0v) is 10.1. The van der Waals surface area contributed by atoms with Gasteiger partial charge in [-0.05, 0) is 25.7 Å². The van der Waals surface area contributed by atoms with Crippen molar-refractivity contribution in [1.82, 2.24) is 10.2 Å². The summed E-state index contributed by atoms with van der Waals surface area (Å²) in [5, 5.41) is 11.9. The molecule has 1 aliphatic rings. The van der Waals surface area contributed by atoms with E-state index in [0.717, 1.165) is 25.9 Å². The monoisotopic (exact) mass is 229 g/mol. The van der Waals surface area contributed by atoms with Gasteiger partial charge in [0.15, 0.2) is 0 Å². The van der Waals surface area contributed by atoms with Crippen LogP contribution in [0.1, 0.15) is 26.7 Å². The number of nitrogens with one attached hydrogen (secondary N) is 1. The van der Waals surface area contributed by atoms with Gasteiger partial charge in [0.2, 0.25) is 0 Å². The van der Waals surface area contributed by atoms with Gasteiger partial charge in [-0.25, -0.2) is 4.79 Å². The third kappa shape index (κ3) is 3.98. The number of rotatable bonds is 3. The van der Waals surface area contributed by atoms with Crippen LogP contribution in [-0.2, 0) is 0 Å². The molecule has 1 rings (SSSR count). The Morgan fingerprint density at radius 3 is 2.62 bits per heavy atom. The molecule has 94 valence electrons. The van der Waals surface area contributed by atoms with Gasteiger partial charge in [-0.3, -0.25) is 0 Å². The maximum Gasteiger partial charge on any atom is 0.317 e. The standard InChI is InChI=1S/C11H23N3O2/c1-8-3-5-14(6-4-8)11(16)13-7-10(12)9(2)15/h8-10,15H,3-7,12H2,1-2H3,(H,13,16). The number of nitrogens with two attached hydrogens (primary N) is 1. The van der Waals surface area contributed by atoms with Crippen LogP contribution in [0.2, 0.25) is 0 Å². The number of amides is 2. The Hall–Kier alpha value is -0.810. The highest BCUT2D eigenvalue weighted by Crippen LogP contribution is 2.15. The van der Waals surface area contributed by atoms with Gasteiger partial charge in [0, 0.05) is 25.7 Å². The summed E-state index contributed by atoms with van der Waals surface area (Å²) >= 11 is 0. The molecule has 2 amide bonds. The van der Waals surface area contributed by atoms with Crippen molar-refractivity contribution < 1.29 is 9.90 Å². The van der Waals surface area contributed by atoms with E-state index in [1.165, 1.54) is 0 Å². The van der Waals surface area contributed by atoms with Crippen molar-refractivity contribution in [3.8, 4) is 0 Å². The molecule has 1 heterocycles. The predicted octanol–water partition coefficient (Wildman–Crippen LogP) is 0.136. The molecule has 5 heteroatoms. The molecule has 0 aromatic heterocycles. The molecule has 0 aromatic carbocycles. The van der Waals surface area contributed by atoms with Gasteiger partial charge in [0.05, 0.1) is 6.10 Å². The number of aliphatic hydroxyl groups is 1. The number of piperidine rings is 1. The van der Waals surface area contributed by atoms with Crippen molar-refractivity contribution in [3.63, 3.8) is 0 Å². The molecule has 16 heavy (non-hydrogen) atoms. The van der Waals surface area contributed by atoms with E-state index in [2.05, 4.69) is 12.2 Å². The van der Waals surface area contributed by atoms with Crippen LogP contribution < -0.4 is 11.1 Å². The lowest BCUT2D eigenvalue weighted by Crippen LogP contribution is -2.49. The summed E-state index contributed by atoms with van der Waals surface area (Å²) in [6.45, 7) is 5.79. The topological polar surface area (TPSA) is 78.6 Å². The molecule has 0 aromatic rings. The van der Waals surface area contributed by atoms with Crippen LogP contribution in [0.15, 0.2) is 0 Å². The minimum atomic E-state index is -0.596. The highest BCUT2D eigenvalue weighted by atomic mass is 16.3. The molecule has 4 N–H and O–H groups in total. The number of aliphatic hydroxyl groups excluding tert-OH is 1. The SMILES string of the molecule is CC1CCN(C(=O)NCC(N)C(C)O)CC1. The Balaban J connectivity index is 2.25. The van der Waals surface area contributed by atoms with Crippen molar-refractivity contribution in [2.24, 2.45) is 11.7 Å². The minimum absolute atomic E-state index is 0.0667. The number of likely N-dealkylation sites (tertiary alicyclic amines) is 1. The molecule has 0 bridgehead atoms. The minimum Gasteiger partial charge on any atom is -0.392 e. The Labute approximate surface area is 97.0 Å². The normalized spacial score (nSPS) is 21.6. The van der Waals surface area contributed by atoms with Crippen LogP contribution in [-0.4, -0.2) is 47.8 Å². The van der Waals surface area contributed by atoms with Gasteiger partial charge in [-0.15, -0.1) is 0 Å². The molecular formula is C11H23N3O2. The Morgan fingerprint density at radius 1 is 1.56 bits per heavy atom. The lowest BCUT2D eigenvalue weighted by atomic mass is 10.00. The van der Waals surface area contributed by atoms with E-state index in [0.29, 0.717) is 12.5 Å². The fraction of sp³-hybridized carbons (Fsp3) is 0.909. The summed E-state index contributed by atoms with van der Waals surface area (Å²) in [7, 11) is 0. The molecule has 2 atom stereocenters. The van der Waals surface area contributed by atoms with E-state index >= 15 is 0 Å². The van der Waals surface area contributed by atoms with E-state index in [9.17, 15) is 9.90 Å². The van der Waals surface area contributed by atoms with Gasteiger partial charge in [0.25, 0.3) is 0 Å². The third-order valence-electron chi connectivity index (χ3n) is 3.18. The summed E-state index contributed by atoms with van der Waals surface area (Å²) in [4.78, 5) is 13.5. The van der Waals surface area contributed by atoms with Crippen LogP contribution in [0.25, 0.3) is 0 Å². The molecule has 5 nitrogen and oxygen atoms in total. The number of hydrogen-bond acceptors (Lipinski definition) is 3. The first kappa shape index (κ1) is 13.3. The summed E-state index contributed by atoms with van der Waals surface area (Å²) in [6.07, 6.45) is 1.54. The van der Waals surface area contributed by atoms with Crippen LogP contribution in [0.3, 0.4) is 0 Å². The van der Waals surface area contributed by atoms with Crippen LogP contribution in [0, 0.1) is 5.92 Å². The smallest absolute Gasteiger partial charge is 0.317 e. The summed E-state index contributed by atoms with van der Waals surface area (Å²) < 4.78 is 0. The average molecular weight is 229 g/mol. The average Bonchev–Trinajstić information content (AvgIpc) is 2.26. The van der Waals surface area contributed by atoms with Crippen molar-refractivity contribution in [3.05, 3.63) is 0 Å². The molecule has 2 unspecified atom stereocenters. The van der Waals surface area contributed by atoms with Crippen molar-refractivity contribution >= 4 is 6.03 Å². The fourth-order valence-electron chi connectivity index (χ4n) is 1.70. The second-order valence-electron chi connectivity index (χ2n) is 4.76. The fourth-order valence-corrected chi connectivity index (χ4v) is 1.70. The third-order valence-corrected chi connectivity index (χ3v) is 3.18. The Kier molecular flexibility index (Phi) is 5.02. The molecule has 0 spiro atoms. The zero-order valence-electron chi connectivity index (χ0n) is 10.1. The van der Waals surface area contributed by atoms with Gasteiger partial charge >= 0.3 is 6.03 Å². The predicted molar refractivity (Wildman–Crippen MR) is 63.0 cm³/mol. The number of carbonyl (C=O) groups is 1. The first-order valence-electron chi connectivity index (χ1n) is 5.97. The Morgan fingerprint density at radius 2 is 2.12 bits per heavy atom. The van der Waals surface area contributed by atoms with Crippen LogP contribution >= 0.6 is 0 Å². The Bertz CT molecular complexity index is 225. The van der Waals surface area contributed by atoms with Crippen LogP contribution in [0.4, 0.5) is 4.79 Å². The molecular weight excluding hydrogens is 206 g/mol. The maximum atomic E-state index is 11.7. The van der Waals surface area contributed by atoms with E-state index < -0.39 is 12.1 Å². The van der Waals surface area contributed by atoms with Gasteiger partial charge < -0.3 is 21.1 Å². The molecule has 1 aliphatic heterocycles. The highest BCUT2D eigenvalue weighted by molar-refractivity contribution is 5.74. The van der Waals surface area contributed by atoms with E-state index in [4.69, 9.17) is 5.73 Å². The van der Waals surface area contributed by atoms with E-state index in [1.807, 2.05) is 4.90 Å².